The lowest BCUT2D eigenvalue weighted by molar-refractivity contribution is -0.729. The number of primary amides is 1. The number of likely N-dealkylation sites (N-methyl/N-ethyl adjacent to an activating group) is 1. The summed E-state index contributed by atoms with van der Waals surface area (Å²) in [5, 5.41) is 54.6. The van der Waals surface area contributed by atoms with Crippen LogP contribution in [0.4, 0.5) is 5.69 Å². The average Bonchev–Trinajstić information content (AvgIpc) is 2.90. The first-order chi connectivity index (χ1) is 19.2. The number of aliphatic hydroxyl groups excluding tert-OH is 2. The van der Waals surface area contributed by atoms with Crippen molar-refractivity contribution in [2.45, 2.75) is 31.0 Å². The number of allylic oxidation sites excluding steroid dienone is 1. The van der Waals surface area contributed by atoms with Crippen LogP contribution in [0.25, 0.3) is 11.1 Å². The molecule has 2 aromatic rings. The predicted molar refractivity (Wildman–Crippen MR) is 142 cm³/mol. The van der Waals surface area contributed by atoms with E-state index in [4.69, 9.17) is 11.5 Å². The van der Waals surface area contributed by atoms with Crippen molar-refractivity contribution < 1.29 is 44.9 Å². The molecule has 5 rings (SSSR count). The number of ketones is 2. The van der Waals surface area contributed by atoms with Gasteiger partial charge < -0.3 is 31.9 Å². The maximum Gasteiger partial charge on any atom is 0.317 e. The Morgan fingerprint density at radius 1 is 1.17 bits per heavy atom. The first-order valence-corrected chi connectivity index (χ1v) is 12.7. The Kier molecular flexibility index (Phi) is 6.48. The van der Waals surface area contributed by atoms with Crippen LogP contribution in [0.15, 0.2) is 53.0 Å². The first-order valence-electron chi connectivity index (χ1n) is 12.7. The lowest BCUT2D eigenvalue weighted by Crippen LogP contribution is -2.63. The second kappa shape index (κ2) is 9.51. The second-order valence-corrected chi connectivity index (χ2v) is 10.8. The standard InChI is InChI=1S/C28H28N4O9/c1-31(2)21-17-9-12-7-16-15(11-4-3-5-14(6-11)32(40)41)8-13(10-29)22(33)19(16)23(34)18(12)25(36)28(17,39)26(37)20(24(21)35)27(30)38/h3-6,8,12,17,21,39H,7,9-10,29H2,1-2H3,(H5-,30,33,34,35,36,37,38,40,41)/p+1/t12-,17-,21-,28-/m0/s1. The average molecular weight is 566 g/mol. The third-order valence-electron chi connectivity index (χ3n) is 8.40. The van der Waals surface area contributed by atoms with Gasteiger partial charge in [-0.3, -0.25) is 19.3 Å². The number of Topliss-reactive ketones (excluding diaryl/α,β-unsaturated/α-hetero) is 2. The topological polar surface area (TPSA) is 228 Å². The molecular weight excluding hydrogens is 536 g/mol. The number of aliphatic hydroxyl groups is 3. The normalized spacial score (nSPS) is 25.6. The fraction of sp³-hybridized carbons (Fsp3) is 0.321. The van der Waals surface area contributed by atoms with Crippen LogP contribution >= 0.6 is 0 Å². The molecule has 0 spiro atoms. The van der Waals surface area contributed by atoms with Crippen molar-refractivity contribution in [2.75, 3.05) is 14.1 Å². The van der Waals surface area contributed by atoms with Gasteiger partial charge in [-0.25, -0.2) is 5.21 Å². The number of phenols is 1. The fourth-order valence-electron chi connectivity index (χ4n) is 6.58. The number of nitrogens with two attached hydrogens (primary N) is 2. The van der Waals surface area contributed by atoms with Crippen LogP contribution in [0.3, 0.4) is 0 Å². The summed E-state index contributed by atoms with van der Waals surface area (Å²) in [5.74, 6) is -7.49. The van der Waals surface area contributed by atoms with Gasteiger partial charge in [-0.2, -0.15) is 0 Å². The quantitative estimate of drug-likeness (QED) is 0.200. The molecule has 1 amide bonds. The van der Waals surface area contributed by atoms with E-state index < -0.39 is 63.8 Å². The number of nitrogens with zero attached hydrogens (tertiary/aromatic N) is 2. The summed E-state index contributed by atoms with van der Waals surface area (Å²) in [6.07, 6.45) is -0.0254. The van der Waals surface area contributed by atoms with Crippen molar-refractivity contribution in [3.8, 4) is 16.9 Å². The summed E-state index contributed by atoms with van der Waals surface area (Å²) in [5.41, 5.74) is 8.42. The zero-order chi connectivity index (χ0) is 30.1. The van der Waals surface area contributed by atoms with Crippen LogP contribution in [0.5, 0.6) is 5.75 Å². The number of amides is 1. The number of hydrogen-bond donors (Lipinski definition) is 7. The Hall–Kier alpha value is -4.59. The van der Waals surface area contributed by atoms with E-state index in [0.29, 0.717) is 16.7 Å². The highest BCUT2D eigenvalue weighted by molar-refractivity contribution is 6.25. The van der Waals surface area contributed by atoms with E-state index >= 15 is 0 Å². The van der Waals surface area contributed by atoms with Gasteiger partial charge in [-0.1, -0.05) is 12.1 Å². The molecule has 13 nitrogen and oxygen atoms in total. The van der Waals surface area contributed by atoms with Gasteiger partial charge in [0.1, 0.15) is 22.8 Å². The van der Waals surface area contributed by atoms with E-state index in [-0.39, 0.29) is 46.7 Å². The van der Waals surface area contributed by atoms with E-state index in [1.54, 1.807) is 26.2 Å². The molecule has 3 aliphatic carbocycles. The molecule has 3 aliphatic rings. The Labute approximate surface area is 233 Å². The van der Waals surface area contributed by atoms with Crippen molar-refractivity contribution >= 4 is 23.2 Å². The van der Waals surface area contributed by atoms with Gasteiger partial charge in [-0.15, -0.1) is 0 Å². The number of phenolic OH excluding ortho intramolecular Hbond substituents is 1. The Bertz CT molecular complexity index is 1630. The van der Waals surface area contributed by atoms with Crippen LogP contribution in [-0.2, 0) is 22.6 Å². The summed E-state index contributed by atoms with van der Waals surface area (Å²) in [4.78, 5) is 52.3. The van der Waals surface area contributed by atoms with Crippen molar-refractivity contribution in [3.63, 3.8) is 0 Å². The number of aromatic hydroxyl groups is 1. The summed E-state index contributed by atoms with van der Waals surface area (Å²) in [6.45, 7) is -0.178. The minimum atomic E-state index is -2.75. The highest BCUT2D eigenvalue weighted by Crippen LogP contribution is 2.53. The maximum atomic E-state index is 14.0. The van der Waals surface area contributed by atoms with Gasteiger partial charge >= 0.3 is 5.69 Å². The van der Waals surface area contributed by atoms with Crippen LogP contribution in [-0.4, -0.2) is 78.7 Å². The smallest absolute Gasteiger partial charge is 0.317 e. The third-order valence-corrected chi connectivity index (χ3v) is 8.40. The van der Waals surface area contributed by atoms with Gasteiger partial charge in [0.2, 0.25) is 5.78 Å². The summed E-state index contributed by atoms with van der Waals surface area (Å²) in [7, 11) is 3.09. The molecule has 0 saturated heterocycles. The largest absolute Gasteiger partial charge is 0.510 e. The van der Waals surface area contributed by atoms with Gasteiger partial charge in [0.25, 0.3) is 10.8 Å². The number of rotatable bonds is 5. The van der Waals surface area contributed by atoms with Crippen molar-refractivity contribution in [3.05, 3.63) is 74.6 Å². The Balaban J connectivity index is 1.76. The minimum absolute atomic E-state index is 0.0483. The minimum Gasteiger partial charge on any atom is -0.510 e. The molecule has 0 saturated carbocycles. The predicted octanol–water partition coefficient (Wildman–Crippen LogP) is 1.05. The van der Waals surface area contributed by atoms with Gasteiger partial charge in [0.15, 0.2) is 11.4 Å². The maximum absolute atomic E-state index is 14.0. The van der Waals surface area contributed by atoms with Crippen molar-refractivity contribution in [1.82, 2.24) is 4.90 Å². The lowest BCUT2D eigenvalue weighted by atomic mass is 9.58. The highest BCUT2D eigenvalue weighted by Gasteiger charge is 2.63. The van der Waals surface area contributed by atoms with Crippen LogP contribution in [0.1, 0.15) is 27.9 Å². The molecule has 4 atom stereocenters. The summed E-state index contributed by atoms with van der Waals surface area (Å²) in [6, 6.07) is 6.39. The molecule has 13 heteroatoms. The molecule has 214 valence electrons. The van der Waals surface area contributed by atoms with Gasteiger partial charge in [0.05, 0.1) is 16.5 Å². The zero-order valence-corrected chi connectivity index (χ0v) is 22.2. The number of fused-ring (bicyclic) bond motifs is 3. The Morgan fingerprint density at radius 3 is 2.44 bits per heavy atom. The van der Waals surface area contributed by atoms with E-state index in [9.17, 15) is 44.9 Å². The highest BCUT2D eigenvalue weighted by atomic mass is 16.6. The molecule has 0 heterocycles. The molecule has 0 radical (unpaired) electrons. The monoisotopic (exact) mass is 565 g/mol. The van der Waals surface area contributed by atoms with Crippen molar-refractivity contribution in [2.24, 2.45) is 23.3 Å². The Morgan fingerprint density at radius 2 is 1.85 bits per heavy atom. The van der Waals surface area contributed by atoms with E-state index in [1.165, 1.54) is 23.1 Å². The second-order valence-electron chi connectivity index (χ2n) is 10.8. The van der Waals surface area contributed by atoms with Gasteiger partial charge in [0, 0.05) is 35.7 Å². The molecule has 9 N–H and O–H groups in total. The SMILES string of the molecule is CN(C)[C@@H]1C(O)=C(C(N)=O)C(=O)[C@@]2(O)C(O)=C3C(=O)c4c(O)c(CN)cc(-c5cccc([N+](=O)O)c5)c4C[C@H]3C[C@@H]12. The first kappa shape index (κ1) is 28.0. The number of benzene rings is 2. The molecular formula is C28H29N4O9+. The van der Waals surface area contributed by atoms with E-state index in [2.05, 4.69) is 0 Å². The number of carbonyl (C=O) groups is 3. The van der Waals surface area contributed by atoms with Crippen LogP contribution in [0.2, 0.25) is 0 Å². The molecule has 0 unspecified atom stereocenters. The molecule has 0 fully saturated rings. The summed E-state index contributed by atoms with van der Waals surface area (Å²) < 4.78 is 0. The molecule has 0 bridgehead atoms. The fourth-order valence-corrected chi connectivity index (χ4v) is 6.58. The van der Waals surface area contributed by atoms with Gasteiger partial charge in [-0.05, 0) is 55.6 Å². The van der Waals surface area contributed by atoms with Crippen molar-refractivity contribution in [1.29, 1.82) is 0 Å². The molecule has 41 heavy (non-hydrogen) atoms. The number of carbonyl (C=O) groups excluding carboxylic acids is 3. The number of hydrogen-bond acceptors (Lipinski definition) is 10. The molecule has 0 aromatic heterocycles. The van der Waals surface area contributed by atoms with Crippen LogP contribution < -0.4 is 11.5 Å². The summed E-state index contributed by atoms with van der Waals surface area (Å²) >= 11 is 0. The molecule has 0 aliphatic heterocycles. The zero-order valence-electron chi connectivity index (χ0n) is 22.2. The van der Waals surface area contributed by atoms with E-state index in [0.717, 1.165) is 0 Å². The third kappa shape index (κ3) is 3.84. The van der Waals surface area contributed by atoms with E-state index in [1.807, 2.05) is 0 Å². The van der Waals surface area contributed by atoms with Crippen LogP contribution in [0, 0.1) is 16.7 Å². The lowest BCUT2D eigenvalue weighted by Gasteiger charge is -2.50. The molecule has 2 aromatic carbocycles.